The third kappa shape index (κ3) is 1.59. The summed E-state index contributed by atoms with van der Waals surface area (Å²) in [6, 6.07) is 1.14. The van der Waals surface area contributed by atoms with E-state index in [1.165, 1.54) is 6.20 Å². The Hall–Kier alpha value is -1.10. The van der Waals surface area contributed by atoms with Crippen LogP contribution in [0.15, 0.2) is 12.3 Å². The summed E-state index contributed by atoms with van der Waals surface area (Å²) in [5, 5.41) is 0. The molecule has 2 rings (SSSR count). The highest BCUT2D eigenvalue weighted by molar-refractivity contribution is 5.30. The van der Waals surface area contributed by atoms with Gasteiger partial charge in [-0.05, 0) is 24.2 Å². The van der Waals surface area contributed by atoms with Gasteiger partial charge in [0.25, 0.3) is 0 Å². The summed E-state index contributed by atoms with van der Waals surface area (Å²) in [6.07, 6.45) is -3.02. The van der Waals surface area contributed by atoms with Crippen LogP contribution >= 0.6 is 0 Å². The summed E-state index contributed by atoms with van der Waals surface area (Å²) in [7, 11) is 1.87. The number of alkyl halides is 3. The first-order valence-electron chi connectivity index (χ1n) is 4.20. The lowest BCUT2D eigenvalue weighted by Crippen LogP contribution is -2.08. The number of nitrogens with zero attached hydrogens (tertiary/aromatic N) is 2. The summed E-state index contributed by atoms with van der Waals surface area (Å²) in [5.41, 5.74) is 0.821. The molecule has 0 N–H and O–H groups in total. The highest BCUT2D eigenvalue weighted by atomic mass is 19.4. The van der Waals surface area contributed by atoms with Gasteiger partial charge >= 0.3 is 6.18 Å². The molecule has 5 heteroatoms. The van der Waals surface area contributed by atoms with E-state index >= 15 is 0 Å². The molecule has 76 valence electrons. The van der Waals surface area contributed by atoms with Crippen molar-refractivity contribution in [1.82, 2.24) is 9.88 Å². The quantitative estimate of drug-likeness (QED) is 0.640. The fourth-order valence-electron chi connectivity index (χ4n) is 1.61. The molecule has 0 saturated heterocycles. The molecule has 0 fully saturated rings. The van der Waals surface area contributed by atoms with Gasteiger partial charge < -0.3 is 0 Å². The van der Waals surface area contributed by atoms with Crippen LogP contribution in [0.25, 0.3) is 0 Å². The van der Waals surface area contributed by atoms with Crippen molar-refractivity contribution in [2.24, 2.45) is 0 Å². The van der Waals surface area contributed by atoms with E-state index < -0.39 is 11.9 Å². The average Bonchev–Trinajstić information content (AvgIpc) is 2.41. The molecular weight excluding hydrogens is 193 g/mol. The molecule has 0 bridgehead atoms. The van der Waals surface area contributed by atoms with Crippen molar-refractivity contribution in [3.05, 3.63) is 29.1 Å². The van der Waals surface area contributed by atoms with Crippen LogP contribution in [-0.4, -0.2) is 16.9 Å². The molecule has 2 nitrogen and oxygen atoms in total. The summed E-state index contributed by atoms with van der Waals surface area (Å²) in [6.45, 7) is 1.25. The maximum atomic E-state index is 12.3. The molecule has 0 saturated carbocycles. The average molecular weight is 202 g/mol. The molecule has 0 aliphatic carbocycles. The predicted molar refractivity (Wildman–Crippen MR) is 44.4 cm³/mol. The number of fused-ring (bicyclic) bond motifs is 1. The van der Waals surface area contributed by atoms with E-state index in [9.17, 15) is 13.2 Å². The second-order valence-corrected chi connectivity index (χ2v) is 3.51. The maximum Gasteiger partial charge on any atom is 0.433 e. The standard InChI is InChI=1S/C9H9F3N2/c1-14-4-6-2-8(9(10,11)12)13-3-7(6)5-14/h2-3H,4-5H2,1H3. The van der Waals surface area contributed by atoms with Crippen LogP contribution in [0.3, 0.4) is 0 Å². The molecule has 0 atom stereocenters. The van der Waals surface area contributed by atoms with Crippen LogP contribution in [0.4, 0.5) is 13.2 Å². The monoisotopic (exact) mass is 202 g/mol. The SMILES string of the molecule is CN1Cc2cnc(C(F)(F)F)cc2C1. The molecule has 0 radical (unpaired) electrons. The van der Waals surface area contributed by atoms with Gasteiger partial charge in [-0.3, -0.25) is 9.88 Å². The molecule has 14 heavy (non-hydrogen) atoms. The van der Waals surface area contributed by atoms with Crippen molar-refractivity contribution < 1.29 is 13.2 Å². The van der Waals surface area contributed by atoms with Crippen molar-refractivity contribution >= 4 is 0 Å². The molecule has 1 aliphatic heterocycles. The van der Waals surface area contributed by atoms with Gasteiger partial charge in [0.05, 0.1) is 0 Å². The second kappa shape index (κ2) is 2.95. The van der Waals surface area contributed by atoms with Crippen molar-refractivity contribution in [1.29, 1.82) is 0 Å². The molecule has 1 aromatic heterocycles. The zero-order valence-electron chi connectivity index (χ0n) is 7.60. The maximum absolute atomic E-state index is 12.3. The zero-order chi connectivity index (χ0) is 10.3. The summed E-state index contributed by atoms with van der Waals surface area (Å²) < 4.78 is 36.8. The number of halogens is 3. The number of hydrogen-bond donors (Lipinski definition) is 0. The first-order valence-corrected chi connectivity index (χ1v) is 4.20. The van der Waals surface area contributed by atoms with Crippen molar-refractivity contribution in [2.75, 3.05) is 7.05 Å². The number of aromatic nitrogens is 1. The van der Waals surface area contributed by atoms with E-state index in [1.54, 1.807) is 0 Å². The molecular formula is C9H9F3N2. The minimum absolute atomic E-state index is 0.570. The van der Waals surface area contributed by atoms with Gasteiger partial charge in [0, 0.05) is 19.3 Å². The number of pyridine rings is 1. The van der Waals surface area contributed by atoms with Gasteiger partial charge in [-0.2, -0.15) is 13.2 Å². The van der Waals surface area contributed by atoms with Crippen LogP contribution < -0.4 is 0 Å². The Morgan fingerprint density at radius 3 is 2.57 bits per heavy atom. The van der Waals surface area contributed by atoms with Crippen LogP contribution in [0.1, 0.15) is 16.8 Å². The van der Waals surface area contributed by atoms with Gasteiger partial charge in [-0.15, -0.1) is 0 Å². The van der Waals surface area contributed by atoms with Crippen LogP contribution in [0.2, 0.25) is 0 Å². The highest BCUT2D eigenvalue weighted by Gasteiger charge is 2.33. The van der Waals surface area contributed by atoms with Gasteiger partial charge in [0.1, 0.15) is 5.69 Å². The summed E-state index contributed by atoms with van der Waals surface area (Å²) >= 11 is 0. The number of rotatable bonds is 0. The van der Waals surface area contributed by atoms with Gasteiger partial charge in [-0.25, -0.2) is 0 Å². The Labute approximate surface area is 79.4 Å². The summed E-state index contributed by atoms with van der Waals surface area (Å²) in [5.74, 6) is 0. The first kappa shape index (κ1) is 9.45. The minimum Gasteiger partial charge on any atom is -0.298 e. The Kier molecular flexibility index (Phi) is 1.99. The lowest BCUT2D eigenvalue weighted by Gasteiger charge is -2.06. The second-order valence-electron chi connectivity index (χ2n) is 3.51. The molecule has 1 aromatic rings. The fourth-order valence-corrected chi connectivity index (χ4v) is 1.61. The van der Waals surface area contributed by atoms with Gasteiger partial charge in [0.15, 0.2) is 0 Å². The lowest BCUT2D eigenvalue weighted by molar-refractivity contribution is -0.141. The van der Waals surface area contributed by atoms with Crippen molar-refractivity contribution in [3.63, 3.8) is 0 Å². The van der Waals surface area contributed by atoms with E-state index in [0.29, 0.717) is 13.1 Å². The van der Waals surface area contributed by atoms with E-state index in [1.807, 2.05) is 11.9 Å². The third-order valence-corrected chi connectivity index (χ3v) is 2.25. The highest BCUT2D eigenvalue weighted by Crippen LogP contribution is 2.30. The molecule has 2 heterocycles. The van der Waals surface area contributed by atoms with E-state index in [0.717, 1.165) is 17.2 Å². The van der Waals surface area contributed by atoms with Crippen LogP contribution in [-0.2, 0) is 19.3 Å². The van der Waals surface area contributed by atoms with E-state index in [-0.39, 0.29) is 0 Å². The minimum atomic E-state index is -4.34. The summed E-state index contributed by atoms with van der Waals surface area (Å²) in [4.78, 5) is 5.36. The number of hydrogen-bond acceptors (Lipinski definition) is 2. The normalized spacial score (nSPS) is 17.1. The fraction of sp³-hybridized carbons (Fsp3) is 0.444. The lowest BCUT2D eigenvalue weighted by atomic mass is 10.1. The van der Waals surface area contributed by atoms with Crippen LogP contribution in [0.5, 0.6) is 0 Å². The molecule has 0 spiro atoms. The topological polar surface area (TPSA) is 16.1 Å². The molecule has 0 aromatic carbocycles. The Morgan fingerprint density at radius 1 is 1.29 bits per heavy atom. The van der Waals surface area contributed by atoms with Crippen LogP contribution in [0, 0.1) is 0 Å². The predicted octanol–water partition coefficient (Wildman–Crippen LogP) is 2.05. The molecule has 0 amide bonds. The van der Waals surface area contributed by atoms with Gasteiger partial charge in [0.2, 0.25) is 0 Å². The Bertz CT molecular complexity index is 360. The molecule has 1 aliphatic rings. The van der Waals surface area contributed by atoms with Gasteiger partial charge in [-0.1, -0.05) is 0 Å². The Balaban J connectivity index is 2.38. The van der Waals surface area contributed by atoms with E-state index in [2.05, 4.69) is 4.98 Å². The zero-order valence-corrected chi connectivity index (χ0v) is 7.60. The first-order chi connectivity index (χ1) is 6.47. The van der Waals surface area contributed by atoms with Crippen molar-refractivity contribution in [3.8, 4) is 0 Å². The van der Waals surface area contributed by atoms with E-state index in [4.69, 9.17) is 0 Å². The molecule has 0 unspecified atom stereocenters. The van der Waals surface area contributed by atoms with Crippen molar-refractivity contribution in [2.45, 2.75) is 19.3 Å². The largest absolute Gasteiger partial charge is 0.433 e. The third-order valence-electron chi connectivity index (χ3n) is 2.25. The Morgan fingerprint density at radius 2 is 1.93 bits per heavy atom. The smallest absolute Gasteiger partial charge is 0.298 e.